The zero-order valence-electron chi connectivity index (χ0n) is 13.5. The number of halogens is 1. The van der Waals surface area contributed by atoms with Crippen LogP contribution in [0, 0.1) is 6.92 Å². The Labute approximate surface area is 144 Å². The van der Waals surface area contributed by atoms with Crippen molar-refractivity contribution in [1.82, 2.24) is 14.7 Å². The molecule has 7 heteroatoms. The predicted octanol–water partition coefficient (Wildman–Crippen LogP) is 2.06. The Bertz CT molecular complexity index is 817. The van der Waals surface area contributed by atoms with Gasteiger partial charge >= 0.3 is 0 Å². The second-order valence-electron chi connectivity index (χ2n) is 5.82. The van der Waals surface area contributed by atoms with E-state index >= 15 is 0 Å². The van der Waals surface area contributed by atoms with Crippen molar-refractivity contribution in [2.75, 3.05) is 19.7 Å². The van der Waals surface area contributed by atoms with Crippen molar-refractivity contribution in [3.05, 3.63) is 57.0 Å². The highest BCUT2D eigenvalue weighted by Crippen LogP contribution is 2.14. The van der Waals surface area contributed by atoms with Crippen LogP contribution in [0.3, 0.4) is 0 Å². The van der Waals surface area contributed by atoms with Crippen LogP contribution in [0.25, 0.3) is 5.69 Å². The Balaban J connectivity index is 1.99. The van der Waals surface area contributed by atoms with Crippen molar-refractivity contribution in [2.45, 2.75) is 20.0 Å². The number of aromatic nitrogens is 2. The van der Waals surface area contributed by atoms with E-state index in [1.54, 1.807) is 40.8 Å². The molecule has 0 bridgehead atoms. The monoisotopic (exact) mass is 347 g/mol. The summed E-state index contributed by atoms with van der Waals surface area (Å²) in [5.74, 6) is -0.363. The molecular weight excluding hydrogens is 330 g/mol. The van der Waals surface area contributed by atoms with Gasteiger partial charge in [0.05, 0.1) is 18.4 Å². The number of benzene rings is 1. The number of aryl methyl sites for hydroxylation is 1. The van der Waals surface area contributed by atoms with Crippen LogP contribution in [0.4, 0.5) is 0 Å². The average Bonchev–Trinajstić information content (AvgIpc) is 2.55. The first kappa shape index (κ1) is 16.7. The van der Waals surface area contributed by atoms with Crippen LogP contribution in [-0.2, 0) is 4.74 Å². The van der Waals surface area contributed by atoms with E-state index in [2.05, 4.69) is 5.10 Å². The molecule has 3 rings (SSSR count). The summed E-state index contributed by atoms with van der Waals surface area (Å²) in [6.45, 7) is 5.04. The van der Waals surface area contributed by atoms with Gasteiger partial charge in [0, 0.05) is 29.9 Å². The van der Waals surface area contributed by atoms with Crippen LogP contribution in [0.5, 0.6) is 0 Å². The molecule has 0 N–H and O–H groups in total. The number of hydrogen-bond donors (Lipinski definition) is 0. The summed E-state index contributed by atoms with van der Waals surface area (Å²) in [6, 6.07) is 8.48. The van der Waals surface area contributed by atoms with Crippen molar-refractivity contribution in [3.8, 4) is 5.69 Å². The fourth-order valence-electron chi connectivity index (χ4n) is 2.69. The van der Waals surface area contributed by atoms with Gasteiger partial charge in [0.1, 0.15) is 0 Å². The van der Waals surface area contributed by atoms with Crippen LogP contribution in [0.15, 0.2) is 35.1 Å². The van der Waals surface area contributed by atoms with Gasteiger partial charge in [-0.3, -0.25) is 9.59 Å². The first-order chi connectivity index (χ1) is 11.5. The van der Waals surface area contributed by atoms with Gasteiger partial charge < -0.3 is 9.64 Å². The molecule has 24 heavy (non-hydrogen) atoms. The molecule has 0 spiro atoms. The largest absolute Gasteiger partial charge is 0.375 e. The summed E-state index contributed by atoms with van der Waals surface area (Å²) in [7, 11) is 0. The molecule has 2 aromatic rings. The molecule has 0 aliphatic carbocycles. The normalized spacial score (nSPS) is 17.8. The fourth-order valence-corrected chi connectivity index (χ4v) is 2.82. The average molecular weight is 348 g/mol. The lowest BCUT2D eigenvalue weighted by Crippen LogP contribution is -2.46. The highest BCUT2D eigenvalue weighted by atomic mass is 35.5. The van der Waals surface area contributed by atoms with Gasteiger partial charge in [0.25, 0.3) is 5.91 Å². The number of morpholine rings is 1. The Morgan fingerprint density at radius 3 is 2.71 bits per heavy atom. The lowest BCUT2D eigenvalue weighted by molar-refractivity contribution is -0.0127. The van der Waals surface area contributed by atoms with Crippen LogP contribution < -0.4 is 5.43 Å². The molecule has 0 saturated carbocycles. The topological polar surface area (TPSA) is 64.4 Å². The number of hydrogen-bond acceptors (Lipinski definition) is 4. The molecule has 0 radical (unpaired) electrons. The Morgan fingerprint density at radius 1 is 1.33 bits per heavy atom. The minimum atomic E-state index is -0.373. The SMILES string of the molecule is Cc1cc(=O)c(C(=O)N2CCOC(C)C2)nn1-c1ccc(Cl)cc1. The molecule has 1 atom stereocenters. The summed E-state index contributed by atoms with van der Waals surface area (Å²) in [5.41, 5.74) is 0.932. The molecule has 126 valence electrons. The number of carbonyl (C=O) groups is 1. The van der Waals surface area contributed by atoms with E-state index in [1.165, 1.54) is 6.07 Å². The molecule has 1 aliphatic rings. The van der Waals surface area contributed by atoms with Gasteiger partial charge in [-0.05, 0) is 38.1 Å². The molecular formula is C17H18ClN3O3. The zero-order valence-corrected chi connectivity index (χ0v) is 14.3. The highest BCUT2D eigenvalue weighted by Gasteiger charge is 2.26. The Morgan fingerprint density at radius 2 is 2.04 bits per heavy atom. The van der Waals surface area contributed by atoms with Gasteiger partial charge in [-0.25, -0.2) is 4.68 Å². The molecule has 1 amide bonds. The van der Waals surface area contributed by atoms with Gasteiger partial charge in [0.15, 0.2) is 5.69 Å². The predicted molar refractivity (Wildman–Crippen MR) is 90.9 cm³/mol. The Kier molecular flexibility index (Phi) is 4.69. The third-order valence-corrected chi connectivity index (χ3v) is 4.16. The van der Waals surface area contributed by atoms with E-state index in [9.17, 15) is 9.59 Å². The first-order valence-corrected chi connectivity index (χ1v) is 8.11. The van der Waals surface area contributed by atoms with Crippen LogP contribution in [0.1, 0.15) is 23.1 Å². The van der Waals surface area contributed by atoms with Crippen molar-refractivity contribution < 1.29 is 9.53 Å². The molecule has 1 aliphatic heterocycles. The second-order valence-corrected chi connectivity index (χ2v) is 6.26. The quantitative estimate of drug-likeness (QED) is 0.834. The zero-order chi connectivity index (χ0) is 17.3. The van der Waals surface area contributed by atoms with Crippen LogP contribution in [-0.4, -0.2) is 46.4 Å². The maximum Gasteiger partial charge on any atom is 0.278 e. The number of carbonyl (C=O) groups excluding carboxylic acids is 1. The molecule has 1 unspecified atom stereocenters. The minimum absolute atomic E-state index is 0.0494. The number of amides is 1. The molecule has 1 fully saturated rings. The van der Waals surface area contributed by atoms with Crippen molar-refractivity contribution >= 4 is 17.5 Å². The van der Waals surface area contributed by atoms with Gasteiger partial charge in [-0.1, -0.05) is 11.6 Å². The van der Waals surface area contributed by atoms with Gasteiger partial charge in [-0.2, -0.15) is 5.10 Å². The van der Waals surface area contributed by atoms with E-state index in [1.807, 2.05) is 6.92 Å². The van der Waals surface area contributed by atoms with E-state index in [0.29, 0.717) is 30.4 Å². The Hall–Kier alpha value is -2.18. The fraction of sp³-hybridized carbons (Fsp3) is 0.353. The first-order valence-electron chi connectivity index (χ1n) is 7.73. The third kappa shape index (κ3) is 3.34. The smallest absolute Gasteiger partial charge is 0.278 e. The molecule has 1 saturated heterocycles. The van der Waals surface area contributed by atoms with E-state index < -0.39 is 0 Å². The van der Waals surface area contributed by atoms with E-state index in [4.69, 9.17) is 16.3 Å². The standard InChI is InChI=1S/C17H18ClN3O3/c1-11-9-15(22)16(17(23)20-7-8-24-12(2)10-20)19-21(11)14-5-3-13(18)4-6-14/h3-6,9,12H,7-8,10H2,1-2H3. The summed E-state index contributed by atoms with van der Waals surface area (Å²) < 4.78 is 7.02. The summed E-state index contributed by atoms with van der Waals surface area (Å²) in [4.78, 5) is 26.6. The van der Waals surface area contributed by atoms with Gasteiger partial charge in [0.2, 0.25) is 5.43 Å². The lowest BCUT2D eigenvalue weighted by Gasteiger charge is -2.30. The van der Waals surface area contributed by atoms with Crippen LogP contribution >= 0.6 is 11.6 Å². The number of rotatable bonds is 2. The number of ether oxygens (including phenoxy) is 1. The van der Waals surface area contributed by atoms with E-state index in [-0.39, 0.29) is 23.1 Å². The summed E-state index contributed by atoms with van der Waals surface area (Å²) in [6.07, 6.45) is -0.0494. The van der Waals surface area contributed by atoms with Crippen LogP contribution in [0.2, 0.25) is 5.02 Å². The van der Waals surface area contributed by atoms with Crippen molar-refractivity contribution in [3.63, 3.8) is 0 Å². The summed E-state index contributed by atoms with van der Waals surface area (Å²) in [5, 5.41) is 4.91. The molecule has 1 aromatic carbocycles. The lowest BCUT2D eigenvalue weighted by atomic mass is 10.2. The molecule has 6 nitrogen and oxygen atoms in total. The molecule has 2 heterocycles. The minimum Gasteiger partial charge on any atom is -0.375 e. The second kappa shape index (κ2) is 6.75. The van der Waals surface area contributed by atoms with E-state index in [0.717, 1.165) is 5.69 Å². The summed E-state index contributed by atoms with van der Waals surface area (Å²) >= 11 is 5.91. The highest BCUT2D eigenvalue weighted by molar-refractivity contribution is 6.30. The maximum absolute atomic E-state index is 12.7. The van der Waals surface area contributed by atoms with Crippen molar-refractivity contribution in [2.24, 2.45) is 0 Å². The maximum atomic E-state index is 12.7. The third-order valence-electron chi connectivity index (χ3n) is 3.91. The van der Waals surface area contributed by atoms with Gasteiger partial charge in [-0.15, -0.1) is 0 Å². The van der Waals surface area contributed by atoms with Crippen molar-refractivity contribution in [1.29, 1.82) is 0 Å². The molecule has 1 aromatic heterocycles. The number of nitrogens with zero attached hydrogens (tertiary/aromatic N) is 3.